The number of hydrogen-bond donors (Lipinski definition) is 0. The van der Waals surface area contributed by atoms with Gasteiger partial charge in [-0.25, -0.2) is 0 Å². The summed E-state index contributed by atoms with van der Waals surface area (Å²) >= 11 is 0. The Balaban J connectivity index is 1.86. The Bertz CT molecular complexity index is 701. The Kier molecular flexibility index (Phi) is 4.74. The lowest BCUT2D eigenvalue weighted by molar-refractivity contribution is 0.112. The summed E-state index contributed by atoms with van der Waals surface area (Å²) in [6.45, 7) is 1.36. The number of nitrogens with zero attached hydrogens (tertiary/aromatic N) is 3. The molecule has 23 heavy (non-hydrogen) atoms. The van der Waals surface area contributed by atoms with E-state index in [1.165, 1.54) is 0 Å². The zero-order chi connectivity index (χ0) is 15.9. The van der Waals surface area contributed by atoms with Crippen LogP contribution < -0.4 is 4.90 Å². The van der Waals surface area contributed by atoms with Gasteiger partial charge in [0.25, 0.3) is 0 Å². The second-order valence-corrected chi connectivity index (χ2v) is 5.21. The summed E-state index contributed by atoms with van der Waals surface area (Å²) in [6, 6.07) is 19.4. The van der Waals surface area contributed by atoms with Gasteiger partial charge in [-0.2, -0.15) is 0 Å². The summed E-state index contributed by atoms with van der Waals surface area (Å²) in [5, 5.41) is 0. The van der Waals surface area contributed by atoms with Crippen molar-refractivity contribution >= 4 is 12.0 Å². The molecule has 0 radical (unpaired) electrons. The van der Waals surface area contributed by atoms with E-state index < -0.39 is 0 Å². The highest BCUT2D eigenvalue weighted by molar-refractivity contribution is 5.75. The number of hydrogen-bond acceptors (Lipinski definition) is 4. The molecule has 2 aromatic heterocycles. The number of carbonyl (C=O) groups is 1. The van der Waals surface area contributed by atoms with Crippen LogP contribution in [0.5, 0.6) is 0 Å². The summed E-state index contributed by atoms with van der Waals surface area (Å²) in [7, 11) is 0. The monoisotopic (exact) mass is 303 g/mol. The Morgan fingerprint density at radius 3 is 1.78 bits per heavy atom. The van der Waals surface area contributed by atoms with Crippen molar-refractivity contribution in [3.63, 3.8) is 0 Å². The zero-order valence-electron chi connectivity index (χ0n) is 12.7. The van der Waals surface area contributed by atoms with Crippen LogP contribution in [0.25, 0.3) is 0 Å². The van der Waals surface area contributed by atoms with Gasteiger partial charge < -0.3 is 4.90 Å². The molecule has 0 aliphatic heterocycles. The van der Waals surface area contributed by atoms with Crippen molar-refractivity contribution in [3.8, 4) is 0 Å². The van der Waals surface area contributed by atoms with Crippen LogP contribution in [0.4, 0.5) is 5.69 Å². The molecule has 2 heterocycles. The van der Waals surface area contributed by atoms with E-state index in [1.807, 2.05) is 60.7 Å². The third kappa shape index (κ3) is 4.01. The van der Waals surface area contributed by atoms with Gasteiger partial charge in [0, 0.05) is 23.6 Å². The molecule has 3 rings (SSSR count). The normalized spacial score (nSPS) is 10.3. The highest BCUT2D eigenvalue weighted by atomic mass is 16.1. The van der Waals surface area contributed by atoms with Gasteiger partial charge in [-0.15, -0.1) is 0 Å². The molecule has 1 aromatic carbocycles. The lowest BCUT2D eigenvalue weighted by Gasteiger charge is -2.24. The molecule has 0 aliphatic rings. The van der Waals surface area contributed by atoms with Crippen LogP contribution in [0.3, 0.4) is 0 Å². The fraction of sp³-hybridized carbons (Fsp3) is 0.105. The maximum absolute atomic E-state index is 10.8. The van der Waals surface area contributed by atoms with Gasteiger partial charge in [0.2, 0.25) is 0 Å². The summed E-state index contributed by atoms with van der Waals surface area (Å²) in [6.07, 6.45) is 4.44. The van der Waals surface area contributed by atoms with Gasteiger partial charge in [-0.3, -0.25) is 14.8 Å². The molecule has 4 heteroatoms. The second-order valence-electron chi connectivity index (χ2n) is 5.21. The number of anilines is 1. The van der Waals surface area contributed by atoms with E-state index in [1.54, 1.807) is 12.4 Å². The number of aromatic nitrogens is 2. The van der Waals surface area contributed by atoms with Gasteiger partial charge >= 0.3 is 0 Å². The molecule has 0 N–H and O–H groups in total. The molecule has 0 saturated carbocycles. The number of carbonyl (C=O) groups excluding carboxylic acids is 1. The van der Waals surface area contributed by atoms with Crippen LogP contribution in [0.15, 0.2) is 73.1 Å². The van der Waals surface area contributed by atoms with Crippen LogP contribution in [0, 0.1) is 0 Å². The molecule has 0 atom stereocenters. The first-order valence-corrected chi connectivity index (χ1v) is 7.45. The Labute approximate surface area is 135 Å². The summed E-state index contributed by atoms with van der Waals surface area (Å²) in [5.74, 6) is 0. The molecule has 0 aliphatic carbocycles. The van der Waals surface area contributed by atoms with Crippen LogP contribution >= 0.6 is 0 Å². The predicted molar refractivity (Wildman–Crippen MR) is 90.2 cm³/mol. The molecule has 3 aromatic rings. The first-order valence-electron chi connectivity index (χ1n) is 7.45. The van der Waals surface area contributed by atoms with Crippen molar-refractivity contribution in [3.05, 3.63) is 90.0 Å². The molecule has 114 valence electrons. The van der Waals surface area contributed by atoms with E-state index in [0.717, 1.165) is 23.4 Å². The van der Waals surface area contributed by atoms with E-state index in [2.05, 4.69) is 14.9 Å². The van der Waals surface area contributed by atoms with Crippen molar-refractivity contribution < 1.29 is 4.79 Å². The molecule has 0 spiro atoms. The molecule has 0 unspecified atom stereocenters. The van der Waals surface area contributed by atoms with Crippen LogP contribution in [-0.2, 0) is 13.1 Å². The fourth-order valence-electron chi connectivity index (χ4n) is 2.38. The summed E-state index contributed by atoms with van der Waals surface area (Å²) in [5.41, 5.74) is 3.68. The smallest absolute Gasteiger partial charge is 0.150 e. The largest absolute Gasteiger partial charge is 0.360 e. The molecule has 0 amide bonds. The minimum atomic E-state index is 0.671. The van der Waals surface area contributed by atoms with Crippen molar-refractivity contribution in [1.82, 2.24) is 9.97 Å². The van der Waals surface area contributed by atoms with Crippen molar-refractivity contribution in [2.45, 2.75) is 13.1 Å². The zero-order valence-corrected chi connectivity index (χ0v) is 12.7. The van der Waals surface area contributed by atoms with Crippen molar-refractivity contribution in [2.24, 2.45) is 0 Å². The van der Waals surface area contributed by atoms with Gasteiger partial charge in [0.1, 0.15) is 6.29 Å². The van der Waals surface area contributed by atoms with Crippen LogP contribution in [0.1, 0.15) is 21.7 Å². The number of rotatable bonds is 6. The first kappa shape index (κ1) is 14.9. The van der Waals surface area contributed by atoms with E-state index in [9.17, 15) is 4.79 Å². The Morgan fingerprint density at radius 1 is 0.783 bits per heavy atom. The molecular formula is C19H17N3O. The fourth-order valence-corrected chi connectivity index (χ4v) is 2.38. The van der Waals surface area contributed by atoms with Gasteiger partial charge in [0.15, 0.2) is 0 Å². The molecule has 0 fully saturated rings. The average molecular weight is 303 g/mol. The standard InChI is InChI=1S/C19H17N3O/c23-15-16-7-9-19(10-8-16)22(13-17-5-1-3-11-20-17)14-18-6-2-4-12-21-18/h1-12,15H,13-14H2. The summed E-state index contributed by atoms with van der Waals surface area (Å²) < 4.78 is 0. The second kappa shape index (κ2) is 7.31. The number of benzene rings is 1. The third-order valence-electron chi connectivity index (χ3n) is 3.55. The lowest BCUT2D eigenvalue weighted by atomic mass is 10.2. The quantitative estimate of drug-likeness (QED) is 0.654. The van der Waals surface area contributed by atoms with E-state index in [4.69, 9.17) is 0 Å². The average Bonchev–Trinajstić information content (AvgIpc) is 2.63. The lowest BCUT2D eigenvalue weighted by Crippen LogP contribution is -2.23. The highest BCUT2D eigenvalue weighted by Crippen LogP contribution is 2.19. The predicted octanol–water partition coefficient (Wildman–Crippen LogP) is 3.50. The SMILES string of the molecule is O=Cc1ccc(N(Cc2ccccn2)Cc2ccccn2)cc1. The first-order chi connectivity index (χ1) is 11.3. The van der Waals surface area contributed by atoms with Gasteiger partial charge in [-0.1, -0.05) is 12.1 Å². The van der Waals surface area contributed by atoms with Crippen molar-refractivity contribution in [2.75, 3.05) is 4.90 Å². The molecule has 4 nitrogen and oxygen atoms in total. The van der Waals surface area contributed by atoms with Crippen LogP contribution in [0.2, 0.25) is 0 Å². The number of aldehydes is 1. The van der Waals surface area contributed by atoms with Crippen LogP contribution in [-0.4, -0.2) is 16.3 Å². The minimum Gasteiger partial charge on any atom is -0.360 e. The molecule has 0 saturated heterocycles. The highest BCUT2D eigenvalue weighted by Gasteiger charge is 2.10. The van der Waals surface area contributed by atoms with E-state index in [-0.39, 0.29) is 0 Å². The maximum Gasteiger partial charge on any atom is 0.150 e. The Hall–Kier alpha value is -3.01. The Morgan fingerprint density at radius 2 is 1.35 bits per heavy atom. The molecular weight excluding hydrogens is 286 g/mol. The van der Waals surface area contributed by atoms with Crippen molar-refractivity contribution in [1.29, 1.82) is 0 Å². The maximum atomic E-state index is 10.8. The topological polar surface area (TPSA) is 46.1 Å². The van der Waals surface area contributed by atoms with E-state index in [0.29, 0.717) is 18.7 Å². The van der Waals surface area contributed by atoms with E-state index >= 15 is 0 Å². The third-order valence-corrected chi connectivity index (χ3v) is 3.55. The van der Waals surface area contributed by atoms with Gasteiger partial charge in [-0.05, 0) is 48.5 Å². The minimum absolute atomic E-state index is 0.671. The number of pyridine rings is 2. The molecule has 0 bridgehead atoms. The van der Waals surface area contributed by atoms with Gasteiger partial charge in [0.05, 0.1) is 24.5 Å². The summed E-state index contributed by atoms with van der Waals surface area (Å²) in [4.78, 5) is 21.8.